The van der Waals surface area contributed by atoms with Gasteiger partial charge in [-0.2, -0.15) is 0 Å². The Bertz CT molecular complexity index is 519. The number of nitrogen functional groups attached to an aromatic ring is 1. The molecule has 0 amide bonds. The van der Waals surface area contributed by atoms with E-state index in [9.17, 15) is 4.79 Å². The van der Waals surface area contributed by atoms with Crippen LogP contribution in [0.5, 0.6) is 0 Å². The van der Waals surface area contributed by atoms with Crippen LogP contribution in [0.15, 0.2) is 41.3 Å². The summed E-state index contributed by atoms with van der Waals surface area (Å²) in [5.74, 6) is 0.646. The number of nitrogens with two attached hydrogens (primary N) is 1. The number of aromatic nitrogens is 2. The normalized spacial score (nSPS) is 10.1. The molecule has 1 heterocycles. The van der Waals surface area contributed by atoms with Crippen LogP contribution >= 0.6 is 0 Å². The number of H-pyrrole nitrogens is 1. The Labute approximate surface area is 86.8 Å². The van der Waals surface area contributed by atoms with Crippen molar-refractivity contribution in [3.8, 4) is 0 Å². The van der Waals surface area contributed by atoms with Crippen LogP contribution < -0.4 is 11.3 Å². The number of rotatable bonds is 2. The molecule has 2 aromatic rings. The maximum Gasteiger partial charge on any atom is 0.250 e. The minimum atomic E-state index is -0.135. The van der Waals surface area contributed by atoms with Gasteiger partial charge in [0.05, 0.1) is 0 Å². The molecule has 0 spiro atoms. The second kappa shape index (κ2) is 3.96. The second-order valence-electron chi connectivity index (χ2n) is 3.30. The zero-order chi connectivity index (χ0) is 10.7. The molecule has 4 nitrogen and oxygen atoms in total. The Kier molecular flexibility index (Phi) is 2.49. The Morgan fingerprint density at radius 2 is 2.20 bits per heavy atom. The van der Waals surface area contributed by atoms with E-state index in [-0.39, 0.29) is 5.56 Å². The predicted molar refractivity (Wildman–Crippen MR) is 58.5 cm³/mol. The van der Waals surface area contributed by atoms with Crippen LogP contribution in [-0.4, -0.2) is 9.97 Å². The first-order valence-electron chi connectivity index (χ1n) is 4.63. The second-order valence-corrected chi connectivity index (χ2v) is 3.30. The first-order valence-corrected chi connectivity index (χ1v) is 4.63. The van der Waals surface area contributed by atoms with Crippen LogP contribution in [0.4, 0.5) is 5.69 Å². The van der Waals surface area contributed by atoms with Crippen molar-refractivity contribution in [2.24, 2.45) is 0 Å². The van der Waals surface area contributed by atoms with Crippen LogP contribution in [0.2, 0.25) is 0 Å². The van der Waals surface area contributed by atoms with Gasteiger partial charge in [0.2, 0.25) is 0 Å². The quantitative estimate of drug-likeness (QED) is 0.710. The number of aromatic amines is 1. The van der Waals surface area contributed by atoms with Gasteiger partial charge < -0.3 is 10.7 Å². The SMILES string of the molecule is Nc1cccc(Cc2nccc(=O)[nH]2)c1. The molecule has 15 heavy (non-hydrogen) atoms. The van der Waals surface area contributed by atoms with Gasteiger partial charge in [-0.25, -0.2) is 4.98 Å². The minimum Gasteiger partial charge on any atom is -0.399 e. The summed E-state index contributed by atoms with van der Waals surface area (Å²) in [5, 5.41) is 0. The topological polar surface area (TPSA) is 71.8 Å². The van der Waals surface area contributed by atoms with E-state index in [1.165, 1.54) is 12.3 Å². The van der Waals surface area contributed by atoms with E-state index in [2.05, 4.69) is 9.97 Å². The van der Waals surface area contributed by atoms with Gasteiger partial charge in [-0.15, -0.1) is 0 Å². The summed E-state index contributed by atoms with van der Waals surface area (Å²) in [6.07, 6.45) is 2.08. The molecule has 1 aromatic carbocycles. The van der Waals surface area contributed by atoms with Crippen molar-refractivity contribution in [2.45, 2.75) is 6.42 Å². The van der Waals surface area contributed by atoms with Crippen molar-refractivity contribution in [1.29, 1.82) is 0 Å². The van der Waals surface area contributed by atoms with Gasteiger partial charge in [0.15, 0.2) is 0 Å². The summed E-state index contributed by atoms with van der Waals surface area (Å²) in [6, 6.07) is 8.91. The fourth-order valence-electron chi connectivity index (χ4n) is 1.40. The fourth-order valence-corrected chi connectivity index (χ4v) is 1.40. The predicted octanol–water partition coefficient (Wildman–Crippen LogP) is 0.943. The van der Waals surface area contributed by atoms with E-state index in [0.29, 0.717) is 17.9 Å². The maximum atomic E-state index is 11.0. The Morgan fingerprint density at radius 3 is 2.93 bits per heavy atom. The molecule has 0 atom stereocenters. The lowest BCUT2D eigenvalue weighted by Crippen LogP contribution is -2.09. The molecule has 0 aliphatic heterocycles. The molecule has 76 valence electrons. The van der Waals surface area contributed by atoms with Gasteiger partial charge >= 0.3 is 0 Å². The Morgan fingerprint density at radius 1 is 1.33 bits per heavy atom. The van der Waals surface area contributed by atoms with Crippen molar-refractivity contribution in [3.05, 3.63) is 58.3 Å². The number of hydrogen-bond acceptors (Lipinski definition) is 3. The van der Waals surface area contributed by atoms with Gasteiger partial charge in [-0.1, -0.05) is 12.1 Å². The zero-order valence-corrected chi connectivity index (χ0v) is 8.10. The van der Waals surface area contributed by atoms with Crippen LogP contribution in [0.1, 0.15) is 11.4 Å². The van der Waals surface area contributed by atoms with Gasteiger partial charge in [0.25, 0.3) is 5.56 Å². The fraction of sp³-hybridized carbons (Fsp3) is 0.0909. The summed E-state index contributed by atoms with van der Waals surface area (Å²) >= 11 is 0. The summed E-state index contributed by atoms with van der Waals surface area (Å²) in [4.78, 5) is 17.8. The van der Waals surface area contributed by atoms with Crippen LogP contribution in [-0.2, 0) is 6.42 Å². The number of benzene rings is 1. The molecular weight excluding hydrogens is 190 g/mol. The molecule has 4 heteroatoms. The van der Waals surface area contributed by atoms with Gasteiger partial charge in [0, 0.05) is 24.4 Å². The van der Waals surface area contributed by atoms with Crippen LogP contribution in [0.3, 0.4) is 0 Å². The van der Waals surface area contributed by atoms with E-state index in [0.717, 1.165) is 5.56 Å². The monoisotopic (exact) mass is 201 g/mol. The standard InChI is InChI=1S/C11H11N3O/c12-9-3-1-2-8(6-9)7-10-13-5-4-11(15)14-10/h1-6H,7,12H2,(H,13,14,15). The largest absolute Gasteiger partial charge is 0.399 e. The lowest BCUT2D eigenvalue weighted by Gasteiger charge is -2.01. The van der Waals surface area contributed by atoms with E-state index < -0.39 is 0 Å². The molecule has 0 unspecified atom stereocenters. The number of anilines is 1. The highest BCUT2D eigenvalue weighted by atomic mass is 16.1. The maximum absolute atomic E-state index is 11.0. The first-order chi connectivity index (χ1) is 7.24. The van der Waals surface area contributed by atoms with Crippen molar-refractivity contribution in [3.63, 3.8) is 0 Å². The highest BCUT2D eigenvalue weighted by Crippen LogP contribution is 2.08. The van der Waals surface area contributed by atoms with E-state index in [1.807, 2.05) is 24.3 Å². The van der Waals surface area contributed by atoms with Crippen molar-refractivity contribution in [1.82, 2.24) is 9.97 Å². The molecule has 1 aromatic heterocycles. The van der Waals surface area contributed by atoms with Gasteiger partial charge in [-0.3, -0.25) is 4.79 Å². The first kappa shape index (κ1) is 9.45. The lowest BCUT2D eigenvalue weighted by atomic mass is 10.1. The number of hydrogen-bond donors (Lipinski definition) is 2. The Balaban J connectivity index is 2.26. The van der Waals surface area contributed by atoms with Gasteiger partial charge in [-0.05, 0) is 17.7 Å². The average Bonchev–Trinajstić information content (AvgIpc) is 2.17. The molecule has 0 radical (unpaired) electrons. The summed E-state index contributed by atoms with van der Waals surface area (Å²) in [5.41, 5.74) is 7.26. The smallest absolute Gasteiger partial charge is 0.250 e. The third-order valence-electron chi connectivity index (χ3n) is 2.05. The molecule has 0 aliphatic carbocycles. The molecule has 0 saturated carbocycles. The third kappa shape index (κ3) is 2.43. The summed E-state index contributed by atoms with van der Waals surface area (Å²) in [7, 11) is 0. The zero-order valence-electron chi connectivity index (χ0n) is 8.10. The van der Waals surface area contributed by atoms with Crippen molar-refractivity contribution < 1.29 is 0 Å². The van der Waals surface area contributed by atoms with E-state index >= 15 is 0 Å². The van der Waals surface area contributed by atoms with E-state index in [4.69, 9.17) is 5.73 Å². The molecule has 0 saturated heterocycles. The molecule has 0 fully saturated rings. The van der Waals surface area contributed by atoms with Crippen LogP contribution in [0.25, 0.3) is 0 Å². The average molecular weight is 201 g/mol. The van der Waals surface area contributed by atoms with E-state index in [1.54, 1.807) is 0 Å². The van der Waals surface area contributed by atoms with Crippen LogP contribution in [0, 0.1) is 0 Å². The van der Waals surface area contributed by atoms with Crippen molar-refractivity contribution >= 4 is 5.69 Å². The highest BCUT2D eigenvalue weighted by molar-refractivity contribution is 5.41. The molecule has 0 bridgehead atoms. The summed E-state index contributed by atoms with van der Waals surface area (Å²) < 4.78 is 0. The molecule has 2 rings (SSSR count). The molecule has 3 N–H and O–H groups in total. The highest BCUT2D eigenvalue weighted by Gasteiger charge is 1.98. The summed E-state index contributed by atoms with van der Waals surface area (Å²) in [6.45, 7) is 0. The minimum absolute atomic E-state index is 0.135. The third-order valence-corrected chi connectivity index (χ3v) is 2.05. The Hall–Kier alpha value is -2.10. The molecule has 0 aliphatic rings. The number of nitrogens with one attached hydrogen (secondary N) is 1. The molecular formula is C11H11N3O. The lowest BCUT2D eigenvalue weighted by molar-refractivity contribution is 0.946. The van der Waals surface area contributed by atoms with Crippen molar-refractivity contribution in [2.75, 3.05) is 5.73 Å². The number of nitrogens with zero attached hydrogens (tertiary/aromatic N) is 1. The van der Waals surface area contributed by atoms with Gasteiger partial charge in [0.1, 0.15) is 5.82 Å².